The lowest BCUT2D eigenvalue weighted by Gasteiger charge is -2.20. The average molecular weight is 310 g/mol. The van der Waals surface area contributed by atoms with Crippen LogP contribution in [0.2, 0.25) is 0 Å². The molecule has 0 aromatic heterocycles. The third-order valence-corrected chi connectivity index (χ3v) is 3.20. The van der Waals surface area contributed by atoms with E-state index in [-0.39, 0.29) is 19.1 Å². The van der Waals surface area contributed by atoms with Crippen molar-refractivity contribution in [2.45, 2.75) is 13.3 Å². The Labute approximate surface area is 131 Å². The molecule has 0 unspecified atom stereocenters. The van der Waals surface area contributed by atoms with Crippen molar-refractivity contribution in [1.82, 2.24) is 10.2 Å². The minimum Gasteiger partial charge on any atom is -0.493 e. The van der Waals surface area contributed by atoms with Gasteiger partial charge in [0, 0.05) is 19.6 Å². The number of amides is 1. The van der Waals surface area contributed by atoms with E-state index >= 15 is 0 Å². The predicted molar refractivity (Wildman–Crippen MR) is 85.2 cm³/mol. The molecule has 1 rings (SSSR count). The smallest absolute Gasteiger partial charge is 0.255 e. The zero-order valence-corrected chi connectivity index (χ0v) is 13.1. The number of hydrogen-bond donors (Lipinski definition) is 3. The molecule has 0 atom stereocenters. The van der Waals surface area contributed by atoms with Gasteiger partial charge in [-0.2, -0.15) is 0 Å². The van der Waals surface area contributed by atoms with Gasteiger partial charge >= 0.3 is 0 Å². The van der Waals surface area contributed by atoms with Crippen molar-refractivity contribution < 1.29 is 19.7 Å². The first-order valence-electron chi connectivity index (χ1n) is 7.67. The fourth-order valence-electron chi connectivity index (χ4n) is 2.15. The molecule has 3 N–H and O–H groups in total. The maximum Gasteiger partial charge on any atom is 0.255 e. The van der Waals surface area contributed by atoms with Crippen LogP contribution in [0.5, 0.6) is 5.75 Å². The lowest BCUT2D eigenvalue weighted by molar-refractivity contribution is 0.0945. The molecule has 0 saturated heterocycles. The molecule has 0 aliphatic heterocycles. The van der Waals surface area contributed by atoms with Crippen LogP contribution in [-0.4, -0.2) is 67.0 Å². The van der Waals surface area contributed by atoms with Crippen molar-refractivity contribution in [3.05, 3.63) is 29.8 Å². The fourth-order valence-corrected chi connectivity index (χ4v) is 2.15. The van der Waals surface area contributed by atoms with E-state index < -0.39 is 0 Å². The Bertz CT molecular complexity index is 434. The number of ether oxygens (including phenoxy) is 1. The van der Waals surface area contributed by atoms with Gasteiger partial charge in [-0.3, -0.25) is 9.69 Å². The van der Waals surface area contributed by atoms with Crippen LogP contribution in [-0.2, 0) is 0 Å². The van der Waals surface area contributed by atoms with Crippen molar-refractivity contribution in [3.63, 3.8) is 0 Å². The molecule has 124 valence electrons. The first-order chi connectivity index (χ1) is 10.7. The molecule has 22 heavy (non-hydrogen) atoms. The Morgan fingerprint density at radius 2 is 1.86 bits per heavy atom. The lowest BCUT2D eigenvalue weighted by atomic mass is 10.2. The number of nitrogens with zero attached hydrogens (tertiary/aromatic N) is 1. The number of nitrogens with one attached hydrogen (secondary N) is 1. The number of aliphatic hydroxyl groups is 2. The molecule has 1 aromatic carbocycles. The largest absolute Gasteiger partial charge is 0.493 e. The van der Waals surface area contributed by atoms with Gasteiger partial charge in [-0.1, -0.05) is 12.1 Å². The minimum absolute atomic E-state index is 0.0636. The molecule has 0 bridgehead atoms. The number of hydrogen-bond acceptors (Lipinski definition) is 5. The summed E-state index contributed by atoms with van der Waals surface area (Å²) in [5.41, 5.74) is 0.534. The van der Waals surface area contributed by atoms with E-state index in [0.717, 1.165) is 6.42 Å². The van der Waals surface area contributed by atoms with Gasteiger partial charge in [0.25, 0.3) is 5.91 Å². The maximum absolute atomic E-state index is 12.2. The molecule has 0 saturated carbocycles. The SMILES string of the molecule is CCOc1ccccc1C(=O)NCCCN(CCO)CCO. The van der Waals surface area contributed by atoms with E-state index in [1.165, 1.54) is 0 Å². The van der Waals surface area contributed by atoms with Gasteiger partial charge in [0.2, 0.25) is 0 Å². The molecule has 1 aromatic rings. The molecule has 0 aliphatic carbocycles. The van der Waals surface area contributed by atoms with Crippen molar-refractivity contribution >= 4 is 5.91 Å². The normalized spacial score (nSPS) is 10.7. The van der Waals surface area contributed by atoms with E-state index in [1.807, 2.05) is 24.0 Å². The number of carbonyl (C=O) groups is 1. The highest BCUT2D eigenvalue weighted by Gasteiger charge is 2.11. The van der Waals surface area contributed by atoms with Crippen molar-refractivity contribution in [2.75, 3.05) is 46.0 Å². The average Bonchev–Trinajstić information content (AvgIpc) is 2.52. The second-order valence-corrected chi connectivity index (χ2v) is 4.83. The van der Waals surface area contributed by atoms with Gasteiger partial charge in [-0.25, -0.2) is 0 Å². The topological polar surface area (TPSA) is 82.0 Å². The number of carbonyl (C=O) groups excluding carboxylic acids is 1. The lowest BCUT2D eigenvalue weighted by Crippen LogP contribution is -2.33. The van der Waals surface area contributed by atoms with Crippen LogP contribution >= 0.6 is 0 Å². The molecule has 0 heterocycles. The van der Waals surface area contributed by atoms with Gasteiger partial charge in [0.15, 0.2) is 0 Å². The van der Waals surface area contributed by atoms with Gasteiger partial charge < -0.3 is 20.3 Å². The van der Waals surface area contributed by atoms with Gasteiger partial charge in [0.05, 0.1) is 25.4 Å². The van der Waals surface area contributed by atoms with Crippen molar-refractivity contribution in [1.29, 1.82) is 0 Å². The summed E-state index contributed by atoms with van der Waals surface area (Å²) >= 11 is 0. The first kappa shape index (κ1) is 18.4. The standard InChI is InChI=1S/C16H26N2O4/c1-2-22-15-7-4-3-6-14(15)16(21)17-8-5-9-18(10-12-19)11-13-20/h3-4,6-7,19-20H,2,5,8-13H2,1H3,(H,17,21). The van der Waals surface area contributed by atoms with E-state index in [9.17, 15) is 4.79 Å². The van der Waals surface area contributed by atoms with Crippen LogP contribution < -0.4 is 10.1 Å². The molecule has 0 spiro atoms. The molecule has 0 aliphatic rings. The van der Waals surface area contributed by atoms with Crippen LogP contribution in [0, 0.1) is 0 Å². The third kappa shape index (κ3) is 6.43. The summed E-state index contributed by atoms with van der Waals surface area (Å²) in [4.78, 5) is 14.1. The predicted octanol–water partition coefficient (Wildman–Crippen LogP) is 0.492. The Morgan fingerprint density at radius 3 is 2.50 bits per heavy atom. The van der Waals surface area contributed by atoms with Gasteiger partial charge in [0.1, 0.15) is 5.75 Å². The van der Waals surface area contributed by atoms with E-state index in [2.05, 4.69) is 5.32 Å². The zero-order chi connectivity index (χ0) is 16.2. The fraction of sp³-hybridized carbons (Fsp3) is 0.562. The highest BCUT2D eigenvalue weighted by molar-refractivity contribution is 5.96. The molecule has 0 radical (unpaired) electrons. The van der Waals surface area contributed by atoms with Gasteiger partial charge in [-0.15, -0.1) is 0 Å². The Hall–Kier alpha value is -1.63. The minimum atomic E-state index is -0.153. The van der Waals surface area contributed by atoms with Crippen LogP contribution in [0.3, 0.4) is 0 Å². The second kappa shape index (κ2) is 11.0. The van der Waals surface area contributed by atoms with Gasteiger partial charge in [-0.05, 0) is 32.0 Å². The van der Waals surface area contributed by atoms with Crippen LogP contribution in [0.4, 0.5) is 0 Å². The monoisotopic (exact) mass is 310 g/mol. The molecule has 6 heteroatoms. The molecular formula is C16H26N2O4. The summed E-state index contributed by atoms with van der Waals surface area (Å²) < 4.78 is 5.44. The third-order valence-electron chi connectivity index (χ3n) is 3.20. The summed E-state index contributed by atoms with van der Waals surface area (Å²) in [5.74, 6) is 0.435. The highest BCUT2D eigenvalue weighted by Crippen LogP contribution is 2.17. The second-order valence-electron chi connectivity index (χ2n) is 4.83. The van der Waals surface area contributed by atoms with Crippen molar-refractivity contribution in [2.24, 2.45) is 0 Å². The Kier molecular flexibility index (Phi) is 9.21. The number of aliphatic hydroxyl groups excluding tert-OH is 2. The summed E-state index contributed by atoms with van der Waals surface area (Å²) in [6, 6.07) is 7.16. The zero-order valence-electron chi connectivity index (χ0n) is 13.1. The first-order valence-corrected chi connectivity index (χ1v) is 7.67. The van der Waals surface area contributed by atoms with E-state index in [4.69, 9.17) is 14.9 Å². The maximum atomic E-state index is 12.2. The van der Waals surface area contributed by atoms with Crippen molar-refractivity contribution in [3.8, 4) is 5.75 Å². The molecule has 6 nitrogen and oxygen atoms in total. The number of rotatable bonds is 11. The van der Waals surface area contributed by atoms with E-state index in [1.54, 1.807) is 12.1 Å². The number of benzene rings is 1. The van der Waals surface area contributed by atoms with Crippen LogP contribution in [0.1, 0.15) is 23.7 Å². The summed E-state index contributed by atoms with van der Waals surface area (Å²) in [6.45, 7) is 4.83. The van der Waals surface area contributed by atoms with Crippen LogP contribution in [0.25, 0.3) is 0 Å². The summed E-state index contributed by atoms with van der Waals surface area (Å²) in [7, 11) is 0. The molecular weight excluding hydrogens is 284 g/mol. The summed E-state index contributed by atoms with van der Waals surface area (Å²) in [5, 5.41) is 20.7. The molecule has 0 fully saturated rings. The quantitative estimate of drug-likeness (QED) is 0.518. The summed E-state index contributed by atoms with van der Waals surface area (Å²) in [6.07, 6.45) is 0.753. The number of para-hydroxylation sites is 1. The van der Waals surface area contributed by atoms with E-state index in [0.29, 0.717) is 44.1 Å². The Balaban J connectivity index is 2.40. The highest BCUT2D eigenvalue weighted by atomic mass is 16.5. The molecule has 1 amide bonds. The Morgan fingerprint density at radius 1 is 1.18 bits per heavy atom. The van der Waals surface area contributed by atoms with Crippen LogP contribution in [0.15, 0.2) is 24.3 Å².